The summed E-state index contributed by atoms with van der Waals surface area (Å²) in [6.07, 6.45) is 4.02. The maximum atomic E-state index is 12.4. The molecule has 76 valence electrons. The Labute approximate surface area is 86.9 Å². The van der Waals surface area contributed by atoms with Crippen molar-refractivity contribution in [1.29, 1.82) is 0 Å². The SMILES string of the molecule is FC[C@H]1CCN(c2nccnc2Cl)C1. The molecule has 2 heterocycles. The van der Waals surface area contributed by atoms with Crippen LogP contribution in [-0.2, 0) is 0 Å². The standard InChI is InChI=1S/C9H11ClFN3/c10-8-9(13-3-2-12-8)14-4-1-7(5-11)6-14/h2-3,7H,1,4-6H2/t7-/m1/s1. The molecule has 0 bridgehead atoms. The molecule has 0 amide bonds. The number of hydrogen-bond acceptors (Lipinski definition) is 3. The van der Waals surface area contributed by atoms with E-state index in [1.54, 1.807) is 12.4 Å². The second kappa shape index (κ2) is 4.09. The molecule has 0 aromatic carbocycles. The molecule has 3 nitrogen and oxygen atoms in total. The second-order valence-corrected chi connectivity index (χ2v) is 3.78. The van der Waals surface area contributed by atoms with Gasteiger partial charge in [-0.1, -0.05) is 11.6 Å². The third-order valence-electron chi connectivity index (χ3n) is 2.44. The van der Waals surface area contributed by atoms with Crippen LogP contribution >= 0.6 is 11.6 Å². The number of alkyl halides is 1. The molecule has 1 aromatic rings. The average Bonchev–Trinajstić information content (AvgIpc) is 2.67. The molecule has 5 heteroatoms. The van der Waals surface area contributed by atoms with Crippen molar-refractivity contribution >= 4 is 17.4 Å². The van der Waals surface area contributed by atoms with Crippen LogP contribution in [0.1, 0.15) is 6.42 Å². The van der Waals surface area contributed by atoms with E-state index in [9.17, 15) is 4.39 Å². The van der Waals surface area contributed by atoms with Crippen LogP contribution in [0.5, 0.6) is 0 Å². The molecule has 1 aliphatic heterocycles. The molecular formula is C9H11ClFN3. The second-order valence-electron chi connectivity index (χ2n) is 3.43. The number of rotatable bonds is 2. The lowest BCUT2D eigenvalue weighted by molar-refractivity contribution is 0.384. The normalized spacial score (nSPS) is 21.6. The summed E-state index contributed by atoms with van der Waals surface area (Å²) in [4.78, 5) is 10.1. The summed E-state index contributed by atoms with van der Waals surface area (Å²) in [5.41, 5.74) is 0. The smallest absolute Gasteiger partial charge is 0.171 e. The van der Waals surface area contributed by atoms with E-state index in [-0.39, 0.29) is 12.6 Å². The van der Waals surface area contributed by atoms with Crippen molar-refractivity contribution in [1.82, 2.24) is 9.97 Å². The highest BCUT2D eigenvalue weighted by Gasteiger charge is 2.24. The van der Waals surface area contributed by atoms with Crippen LogP contribution in [0.15, 0.2) is 12.4 Å². The van der Waals surface area contributed by atoms with E-state index >= 15 is 0 Å². The van der Waals surface area contributed by atoms with Gasteiger partial charge in [0.15, 0.2) is 11.0 Å². The summed E-state index contributed by atoms with van der Waals surface area (Å²) in [7, 11) is 0. The number of halogens is 2. The van der Waals surface area contributed by atoms with E-state index in [0.29, 0.717) is 17.5 Å². The zero-order valence-electron chi connectivity index (χ0n) is 7.66. The molecule has 0 aliphatic carbocycles. The molecule has 1 aliphatic rings. The molecule has 0 spiro atoms. The van der Waals surface area contributed by atoms with Gasteiger partial charge in [0.25, 0.3) is 0 Å². The maximum absolute atomic E-state index is 12.4. The summed E-state index contributed by atoms with van der Waals surface area (Å²) in [6, 6.07) is 0. The first-order valence-corrected chi connectivity index (χ1v) is 4.96. The van der Waals surface area contributed by atoms with Crippen LogP contribution in [-0.4, -0.2) is 29.7 Å². The van der Waals surface area contributed by atoms with Gasteiger partial charge >= 0.3 is 0 Å². The minimum Gasteiger partial charge on any atom is -0.354 e. The predicted molar refractivity (Wildman–Crippen MR) is 53.3 cm³/mol. The molecule has 2 rings (SSSR count). The topological polar surface area (TPSA) is 29.0 Å². The third-order valence-corrected chi connectivity index (χ3v) is 2.71. The van der Waals surface area contributed by atoms with Crippen molar-refractivity contribution in [2.24, 2.45) is 5.92 Å². The minimum absolute atomic E-state index is 0.119. The van der Waals surface area contributed by atoms with Gasteiger partial charge in [-0.2, -0.15) is 0 Å². The molecule has 1 saturated heterocycles. The molecule has 0 radical (unpaired) electrons. The van der Waals surface area contributed by atoms with Gasteiger partial charge in [0, 0.05) is 31.4 Å². The first-order chi connectivity index (χ1) is 6.81. The number of aromatic nitrogens is 2. The van der Waals surface area contributed by atoms with Gasteiger partial charge in [0.1, 0.15) is 0 Å². The van der Waals surface area contributed by atoms with Crippen molar-refractivity contribution < 1.29 is 4.39 Å². The van der Waals surface area contributed by atoms with Gasteiger partial charge in [-0.05, 0) is 6.42 Å². The minimum atomic E-state index is -0.269. The van der Waals surface area contributed by atoms with Crippen molar-refractivity contribution in [3.63, 3.8) is 0 Å². The highest BCUT2D eigenvalue weighted by atomic mass is 35.5. The zero-order chi connectivity index (χ0) is 9.97. The Balaban J connectivity index is 2.13. The fourth-order valence-corrected chi connectivity index (χ4v) is 1.90. The summed E-state index contributed by atoms with van der Waals surface area (Å²) in [6.45, 7) is 1.23. The molecule has 1 aromatic heterocycles. The highest BCUT2D eigenvalue weighted by Crippen LogP contribution is 2.26. The van der Waals surface area contributed by atoms with Crippen LogP contribution in [0, 0.1) is 5.92 Å². The Morgan fingerprint density at radius 3 is 2.93 bits per heavy atom. The Morgan fingerprint density at radius 1 is 1.50 bits per heavy atom. The molecular weight excluding hydrogens is 205 g/mol. The molecule has 1 atom stereocenters. The van der Waals surface area contributed by atoms with Gasteiger partial charge in [-0.3, -0.25) is 4.39 Å². The van der Waals surface area contributed by atoms with Gasteiger partial charge in [0.05, 0.1) is 6.67 Å². The Kier molecular flexibility index (Phi) is 2.82. The Hall–Kier alpha value is -0.900. The molecule has 0 N–H and O–H groups in total. The third kappa shape index (κ3) is 1.80. The van der Waals surface area contributed by atoms with E-state index in [1.165, 1.54) is 0 Å². The van der Waals surface area contributed by atoms with E-state index in [2.05, 4.69) is 9.97 Å². The summed E-state index contributed by atoms with van der Waals surface area (Å²) in [5.74, 6) is 0.790. The maximum Gasteiger partial charge on any atom is 0.171 e. The predicted octanol–water partition coefficient (Wildman–Crippen LogP) is 1.93. The monoisotopic (exact) mass is 215 g/mol. The molecule has 0 unspecified atom stereocenters. The lowest BCUT2D eigenvalue weighted by atomic mass is 10.1. The van der Waals surface area contributed by atoms with Crippen LogP contribution in [0.2, 0.25) is 5.15 Å². The zero-order valence-corrected chi connectivity index (χ0v) is 8.41. The fourth-order valence-electron chi connectivity index (χ4n) is 1.68. The van der Waals surface area contributed by atoms with Crippen LogP contribution in [0.3, 0.4) is 0 Å². The first kappa shape index (κ1) is 9.65. The fraction of sp³-hybridized carbons (Fsp3) is 0.556. The number of nitrogens with zero attached hydrogens (tertiary/aromatic N) is 3. The van der Waals surface area contributed by atoms with Crippen molar-refractivity contribution in [3.8, 4) is 0 Å². The average molecular weight is 216 g/mol. The van der Waals surface area contributed by atoms with Crippen molar-refractivity contribution in [2.75, 3.05) is 24.7 Å². The number of hydrogen-bond donors (Lipinski definition) is 0. The van der Waals surface area contributed by atoms with E-state index in [0.717, 1.165) is 13.0 Å². The van der Waals surface area contributed by atoms with Crippen molar-refractivity contribution in [2.45, 2.75) is 6.42 Å². The van der Waals surface area contributed by atoms with Crippen LogP contribution in [0.25, 0.3) is 0 Å². The van der Waals surface area contributed by atoms with Gasteiger partial charge in [0.2, 0.25) is 0 Å². The molecule has 14 heavy (non-hydrogen) atoms. The van der Waals surface area contributed by atoms with E-state index in [1.807, 2.05) is 4.90 Å². The summed E-state index contributed by atoms with van der Waals surface area (Å²) >= 11 is 5.89. The molecule has 1 fully saturated rings. The van der Waals surface area contributed by atoms with Crippen molar-refractivity contribution in [3.05, 3.63) is 17.5 Å². The highest BCUT2D eigenvalue weighted by molar-refractivity contribution is 6.31. The van der Waals surface area contributed by atoms with Gasteiger partial charge in [-0.25, -0.2) is 9.97 Å². The lowest BCUT2D eigenvalue weighted by Gasteiger charge is -2.17. The Bertz CT molecular complexity index is 321. The largest absolute Gasteiger partial charge is 0.354 e. The quantitative estimate of drug-likeness (QED) is 0.755. The van der Waals surface area contributed by atoms with Gasteiger partial charge in [-0.15, -0.1) is 0 Å². The first-order valence-electron chi connectivity index (χ1n) is 4.58. The summed E-state index contributed by atoms with van der Waals surface area (Å²) < 4.78 is 12.4. The van der Waals surface area contributed by atoms with E-state index in [4.69, 9.17) is 11.6 Å². The lowest BCUT2D eigenvalue weighted by Crippen LogP contribution is -2.21. The Morgan fingerprint density at radius 2 is 2.29 bits per heavy atom. The van der Waals surface area contributed by atoms with Crippen LogP contribution < -0.4 is 4.90 Å². The summed E-state index contributed by atoms with van der Waals surface area (Å²) in [5, 5.41) is 0.395. The molecule has 0 saturated carbocycles. The van der Waals surface area contributed by atoms with E-state index < -0.39 is 0 Å². The number of anilines is 1. The van der Waals surface area contributed by atoms with Gasteiger partial charge < -0.3 is 4.90 Å². The van der Waals surface area contributed by atoms with Crippen LogP contribution in [0.4, 0.5) is 10.2 Å².